The molecule has 2 aromatic carbocycles. The molecule has 0 unspecified atom stereocenters. The number of halogens is 1. The van der Waals surface area contributed by atoms with Crippen molar-refractivity contribution in [3.05, 3.63) is 42.0 Å². The van der Waals surface area contributed by atoms with E-state index >= 15 is 0 Å². The van der Waals surface area contributed by atoms with Crippen LogP contribution < -0.4 is 24.0 Å². The zero-order chi connectivity index (χ0) is 12.5. The summed E-state index contributed by atoms with van der Waals surface area (Å²) in [6, 6.07) is 13.3. The van der Waals surface area contributed by atoms with Gasteiger partial charge in [0.15, 0.2) is 0 Å². The molecular formula is C16H18INS. The zero-order valence-corrected chi connectivity index (χ0v) is 14.3. The second-order valence-electron chi connectivity index (χ2n) is 4.70. The van der Waals surface area contributed by atoms with Crippen LogP contribution in [0.25, 0.3) is 10.8 Å². The number of rotatable bonds is 3. The van der Waals surface area contributed by atoms with Crippen molar-refractivity contribution in [2.75, 3.05) is 12.8 Å². The first-order valence-electron chi connectivity index (χ1n) is 6.57. The van der Waals surface area contributed by atoms with Gasteiger partial charge in [0, 0.05) is 12.5 Å². The average molecular weight is 383 g/mol. The molecule has 0 amide bonds. The van der Waals surface area contributed by atoms with E-state index in [2.05, 4.69) is 54.2 Å². The second-order valence-corrected chi connectivity index (χ2v) is 5.49. The molecule has 0 N–H and O–H groups in total. The lowest BCUT2D eigenvalue weighted by Gasteiger charge is -2.01. The van der Waals surface area contributed by atoms with Crippen LogP contribution in [-0.2, 0) is 0 Å². The van der Waals surface area contributed by atoms with Crippen LogP contribution in [0.15, 0.2) is 36.4 Å². The van der Waals surface area contributed by atoms with Gasteiger partial charge in [0.25, 0.3) is 0 Å². The molecule has 1 aliphatic rings. The van der Waals surface area contributed by atoms with E-state index in [0.29, 0.717) is 0 Å². The molecule has 0 aliphatic carbocycles. The Balaban J connectivity index is 0.00000133. The summed E-state index contributed by atoms with van der Waals surface area (Å²) in [7, 11) is 0. The topological polar surface area (TPSA) is 3.01 Å². The quantitative estimate of drug-likeness (QED) is 0.572. The fourth-order valence-electron chi connectivity index (χ4n) is 2.74. The summed E-state index contributed by atoms with van der Waals surface area (Å²) in [5.41, 5.74) is 2.80. The molecule has 3 heteroatoms. The number of hydrogen-bond donors (Lipinski definition) is 0. The summed E-state index contributed by atoms with van der Waals surface area (Å²) in [6.07, 6.45) is 4.66. The van der Waals surface area contributed by atoms with Crippen LogP contribution in [0.5, 0.6) is 0 Å². The van der Waals surface area contributed by atoms with E-state index in [1.807, 2.05) is 11.8 Å². The van der Waals surface area contributed by atoms with E-state index in [-0.39, 0.29) is 24.0 Å². The molecule has 0 fully saturated rings. The fraction of sp³-hybridized carbons (Fsp3) is 0.312. The monoisotopic (exact) mass is 383 g/mol. The van der Waals surface area contributed by atoms with Gasteiger partial charge >= 0.3 is 0 Å². The lowest BCUT2D eigenvalue weighted by Crippen LogP contribution is -3.00. The molecule has 1 heterocycles. The summed E-state index contributed by atoms with van der Waals surface area (Å²) in [5, 5.41) is 4.20. The van der Waals surface area contributed by atoms with Gasteiger partial charge in [-0.05, 0) is 17.7 Å². The molecular weight excluding hydrogens is 365 g/mol. The minimum atomic E-state index is 0. The Labute approximate surface area is 136 Å². The van der Waals surface area contributed by atoms with E-state index in [4.69, 9.17) is 0 Å². The first-order valence-corrected chi connectivity index (χ1v) is 7.80. The second kappa shape index (κ2) is 6.27. The van der Waals surface area contributed by atoms with Gasteiger partial charge in [-0.2, -0.15) is 4.58 Å². The van der Waals surface area contributed by atoms with Crippen molar-refractivity contribution in [1.82, 2.24) is 0 Å². The minimum absolute atomic E-state index is 0. The van der Waals surface area contributed by atoms with Crippen LogP contribution in [0.1, 0.15) is 25.3 Å². The number of thioether (sulfide) groups is 1. The smallest absolute Gasteiger partial charge is 0.248 e. The van der Waals surface area contributed by atoms with Crippen molar-refractivity contribution in [2.45, 2.75) is 19.8 Å². The fourth-order valence-corrected chi connectivity index (χ4v) is 3.54. The summed E-state index contributed by atoms with van der Waals surface area (Å²) in [6.45, 7) is 3.38. The van der Waals surface area contributed by atoms with Gasteiger partial charge in [0.1, 0.15) is 6.54 Å². The van der Waals surface area contributed by atoms with Crippen LogP contribution in [0.3, 0.4) is 0 Å². The Morgan fingerprint density at radius 2 is 1.84 bits per heavy atom. The summed E-state index contributed by atoms with van der Waals surface area (Å²) in [4.78, 5) is 0. The predicted octanol–water partition coefficient (Wildman–Crippen LogP) is 1.41. The minimum Gasteiger partial charge on any atom is -1.00 e. The van der Waals surface area contributed by atoms with E-state index in [1.54, 1.807) is 0 Å². The summed E-state index contributed by atoms with van der Waals surface area (Å²) in [5.74, 6) is 0. The van der Waals surface area contributed by atoms with E-state index < -0.39 is 0 Å². The zero-order valence-electron chi connectivity index (χ0n) is 11.3. The van der Waals surface area contributed by atoms with E-state index in [9.17, 15) is 0 Å². The van der Waals surface area contributed by atoms with Crippen molar-refractivity contribution in [3.8, 4) is 0 Å². The molecule has 0 bridgehead atoms. The molecule has 1 nitrogen and oxygen atoms in total. The Morgan fingerprint density at radius 3 is 2.53 bits per heavy atom. The van der Waals surface area contributed by atoms with Crippen LogP contribution in [-0.4, -0.2) is 22.4 Å². The van der Waals surface area contributed by atoms with Gasteiger partial charge in [0.2, 0.25) is 10.7 Å². The van der Waals surface area contributed by atoms with Crippen molar-refractivity contribution in [3.63, 3.8) is 0 Å². The maximum atomic E-state index is 2.49. The van der Waals surface area contributed by atoms with Crippen molar-refractivity contribution in [2.24, 2.45) is 0 Å². The van der Waals surface area contributed by atoms with Crippen LogP contribution in [0, 0.1) is 0 Å². The van der Waals surface area contributed by atoms with Gasteiger partial charge in [-0.3, -0.25) is 0 Å². The first kappa shape index (κ1) is 14.9. The molecule has 3 rings (SSSR count). The van der Waals surface area contributed by atoms with Gasteiger partial charge in [0.05, 0.1) is 10.9 Å². The lowest BCUT2D eigenvalue weighted by molar-refractivity contribution is -0.434. The van der Waals surface area contributed by atoms with Crippen LogP contribution in [0.2, 0.25) is 0 Å². The molecule has 0 aromatic heterocycles. The van der Waals surface area contributed by atoms with Crippen molar-refractivity contribution >= 4 is 33.3 Å². The maximum absolute atomic E-state index is 2.49. The Morgan fingerprint density at radius 1 is 1.11 bits per heavy atom. The molecule has 0 spiro atoms. The van der Waals surface area contributed by atoms with Crippen molar-refractivity contribution in [1.29, 1.82) is 0 Å². The normalized spacial score (nSPS) is 12.9. The van der Waals surface area contributed by atoms with Gasteiger partial charge in [-0.1, -0.05) is 49.4 Å². The highest BCUT2D eigenvalue weighted by atomic mass is 127. The molecule has 2 aromatic rings. The molecule has 0 saturated carbocycles. The van der Waals surface area contributed by atoms with Crippen LogP contribution >= 0.6 is 11.8 Å². The number of unbranched alkanes of at least 4 members (excludes halogenated alkanes) is 1. The average Bonchev–Trinajstić information content (AvgIpc) is 2.72. The Kier molecular flexibility index (Phi) is 4.90. The highest BCUT2D eigenvalue weighted by Crippen LogP contribution is 2.37. The molecule has 1 aliphatic heterocycles. The van der Waals surface area contributed by atoms with E-state index in [0.717, 1.165) is 6.54 Å². The first-order chi connectivity index (χ1) is 8.86. The van der Waals surface area contributed by atoms with E-state index in [1.165, 1.54) is 39.9 Å². The standard InChI is InChI=1S/C16H18NS.HI/c1-3-4-11-17-14-10-6-8-12-7-5-9-13(15(12)14)16(17)18-2;/h5-10H,3-4,11H2,1-2H3;1H/q+1;/p-1. The largest absolute Gasteiger partial charge is 1.00 e. The Hall–Kier alpha value is -0.550. The highest BCUT2D eigenvalue weighted by Gasteiger charge is 2.30. The SMILES string of the molecule is CCCC[N+]1=C(SC)c2cccc3cccc1c23.[I-]. The third kappa shape index (κ3) is 2.42. The van der Waals surface area contributed by atoms with Crippen molar-refractivity contribution < 1.29 is 28.6 Å². The number of benzene rings is 2. The summed E-state index contributed by atoms with van der Waals surface area (Å²) < 4.78 is 2.49. The predicted molar refractivity (Wildman–Crippen MR) is 81.3 cm³/mol. The lowest BCUT2D eigenvalue weighted by atomic mass is 10.1. The molecule has 100 valence electrons. The molecule has 0 saturated heterocycles. The molecule has 19 heavy (non-hydrogen) atoms. The van der Waals surface area contributed by atoms with Crippen LogP contribution in [0.4, 0.5) is 5.69 Å². The number of hydrogen-bond acceptors (Lipinski definition) is 1. The number of nitrogens with zero attached hydrogens (tertiary/aromatic N) is 1. The third-order valence-electron chi connectivity index (χ3n) is 3.58. The third-order valence-corrected chi connectivity index (χ3v) is 4.40. The Bertz CT molecular complexity index is 628. The molecule has 0 atom stereocenters. The maximum Gasteiger partial charge on any atom is 0.248 e. The van der Waals surface area contributed by atoms with Gasteiger partial charge < -0.3 is 24.0 Å². The molecule has 0 radical (unpaired) electrons. The summed E-state index contributed by atoms with van der Waals surface area (Å²) >= 11 is 1.86. The van der Waals surface area contributed by atoms with Gasteiger partial charge in [-0.15, -0.1) is 0 Å². The van der Waals surface area contributed by atoms with Gasteiger partial charge in [-0.25, -0.2) is 0 Å². The highest BCUT2D eigenvalue weighted by molar-refractivity contribution is 8.13.